The molecule has 0 radical (unpaired) electrons. The van der Waals surface area contributed by atoms with Crippen LogP contribution in [0.15, 0.2) is 59.4 Å². The molecule has 3 rings (SSSR count). The Kier molecular flexibility index (Phi) is 4.39. The molecule has 0 saturated carbocycles. The third kappa shape index (κ3) is 3.58. The van der Waals surface area contributed by atoms with Gasteiger partial charge in [-0.1, -0.05) is 23.7 Å². The van der Waals surface area contributed by atoms with E-state index in [9.17, 15) is 18.0 Å². The van der Waals surface area contributed by atoms with E-state index in [4.69, 9.17) is 11.6 Å². The van der Waals surface area contributed by atoms with Crippen LogP contribution in [0, 0.1) is 6.92 Å². The van der Waals surface area contributed by atoms with Gasteiger partial charge in [-0.2, -0.15) is 23.0 Å². The second-order valence-corrected chi connectivity index (χ2v) is 5.91. The Balaban J connectivity index is 2.19. The number of aromatic nitrogens is 2. The van der Waals surface area contributed by atoms with Crippen molar-refractivity contribution in [3.8, 4) is 16.8 Å². The fourth-order valence-electron chi connectivity index (χ4n) is 2.44. The van der Waals surface area contributed by atoms with Gasteiger partial charge in [-0.05, 0) is 55.0 Å². The van der Waals surface area contributed by atoms with Gasteiger partial charge in [0.2, 0.25) is 0 Å². The lowest BCUT2D eigenvalue weighted by molar-refractivity contribution is -0.137. The van der Waals surface area contributed by atoms with Crippen molar-refractivity contribution in [1.29, 1.82) is 0 Å². The van der Waals surface area contributed by atoms with Crippen LogP contribution in [0.1, 0.15) is 11.3 Å². The monoisotopic (exact) mass is 364 g/mol. The van der Waals surface area contributed by atoms with Crippen molar-refractivity contribution in [2.24, 2.45) is 0 Å². The van der Waals surface area contributed by atoms with E-state index in [-0.39, 0.29) is 11.1 Å². The lowest BCUT2D eigenvalue weighted by Crippen LogP contribution is -2.23. The molecule has 0 saturated heterocycles. The van der Waals surface area contributed by atoms with E-state index in [1.165, 1.54) is 18.2 Å². The molecule has 0 unspecified atom stereocenters. The van der Waals surface area contributed by atoms with Crippen LogP contribution in [0.5, 0.6) is 0 Å². The molecule has 0 atom stereocenters. The summed E-state index contributed by atoms with van der Waals surface area (Å²) in [5.74, 6) is 0. The van der Waals surface area contributed by atoms with Gasteiger partial charge in [-0.25, -0.2) is 0 Å². The lowest BCUT2D eigenvalue weighted by Gasteiger charge is -2.11. The second-order valence-electron chi connectivity index (χ2n) is 5.47. The number of alkyl halides is 3. The van der Waals surface area contributed by atoms with Crippen molar-refractivity contribution < 1.29 is 13.2 Å². The Morgan fingerprint density at radius 3 is 2.36 bits per heavy atom. The zero-order chi connectivity index (χ0) is 18.2. The minimum Gasteiger partial charge on any atom is -0.267 e. The predicted molar refractivity (Wildman–Crippen MR) is 90.0 cm³/mol. The maximum Gasteiger partial charge on any atom is 0.416 e. The molecule has 0 aliphatic rings. The van der Waals surface area contributed by atoms with E-state index in [1.807, 2.05) is 0 Å². The average molecular weight is 365 g/mol. The zero-order valence-corrected chi connectivity index (χ0v) is 13.8. The van der Waals surface area contributed by atoms with Crippen molar-refractivity contribution in [2.45, 2.75) is 13.1 Å². The highest BCUT2D eigenvalue weighted by Gasteiger charge is 2.30. The molecule has 2 aromatic carbocycles. The van der Waals surface area contributed by atoms with Crippen LogP contribution in [-0.4, -0.2) is 9.78 Å². The molecule has 7 heteroatoms. The van der Waals surface area contributed by atoms with Gasteiger partial charge >= 0.3 is 6.18 Å². The number of hydrogen-bond acceptors (Lipinski definition) is 2. The largest absolute Gasteiger partial charge is 0.416 e. The molecule has 3 nitrogen and oxygen atoms in total. The first-order chi connectivity index (χ1) is 11.8. The van der Waals surface area contributed by atoms with E-state index in [2.05, 4.69) is 5.10 Å². The van der Waals surface area contributed by atoms with E-state index >= 15 is 0 Å². The summed E-state index contributed by atoms with van der Waals surface area (Å²) in [4.78, 5) is 12.8. The average Bonchev–Trinajstić information content (AvgIpc) is 2.57. The highest BCUT2D eigenvalue weighted by Crippen LogP contribution is 2.31. The molecule has 0 N–H and O–H groups in total. The Bertz CT molecular complexity index is 979. The van der Waals surface area contributed by atoms with Gasteiger partial charge in [-0.3, -0.25) is 4.79 Å². The highest BCUT2D eigenvalue weighted by molar-refractivity contribution is 6.30. The van der Waals surface area contributed by atoms with Crippen LogP contribution < -0.4 is 5.56 Å². The van der Waals surface area contributed by atoms with Gasteiger partial charge in [-0.15, -0.1) is 0 Å². The van der Waals surface area contributed by atoms with Gasteiger partial charge in [0.25, 0.3) is 5.56 Å². The van der Waals surface area contributed by atoms with Crippen molar-refractivity contribution in [3.05, 3.63) is 81.2 Å². The minimum atomic E-state index is -4.48. The third-order valence-corrected chi connectivity index (χ3v) is 3.86. The number of aryl methyl sites for hydroxylation is 1. The Morgan fingerprint density at radius 2 is 1.72 bits per heavy atom. The number of rotatable bonds is 2. The Hall–Kier alpha value is -2.60. The molecule has 0 aliphatic carbocycles. The van der Waals surface area contributed by atoms with E-state index in [0.717, 1.165) is 16.8 Å². The first kappa shape index (κ1) is 17.2. The minimum absolute atomic E-state index is 0.147. The SMILES string of the molecule is Cc1cc(-c2cccc(C(F)(F)F)c2)c(=O)n(-c2ccc(Cl)cc2)n1. The van der Waals surface area contributed by atoms with Gasteiger partial charge in [0.1, 0.15) is 0 Å². The zero-order valence-electron chi connectivity index (χ0n) is 13.0. The van der Waals surface area contributed by atoms with Crippen LogP contribution in [0.4, 0.5) is 13.2 Å². The second kappa shape index (κ2) is 6.37. The number of benzene rings is 2. The van der Waals surface area contributed by atoms with Crippen molar-refractivity contribution in [1.82, 2.24) is 9.78 Å². The van der Waals surface area contributed by atoms with Gasteiger partial charge in [0.15, 0.2) is 0 Å². The van der Waals surface area contributed by atoms with Gasteiger partial charge < -0.3 is 0 Å². The smallest absolute Gasteiger partial charge is 0.267 e. The summed E-state index contributed by atoms with van der Waals surface area (Å²) in [5.41, 5.74) is -0.000897. The van der Waals surface area contributed by atoms with Crippen molar-refractivity contribution >= 4 is 11.6 Å². The normalized spacial score (nSPS) is 11.6. The van der Waals surface area contributed by atoms with E-state index < -0.39 is 17.3 Å². The van der Waals surface area contributed by atoms with E-state index in [0.29, 0.717) is 16.4 Å². The molecule has 128 valence electrons. The van der Waals surface area contributed by atoms with Crippen molar-refractivity contribution in [3.63, 3.8) is 0 Å². The molecular weight excluding hydrogens is 353 g/mol. The first-order valence-electron chi connectivity index (χ1n) is 7.30. The lowest BCUT2D eigenvalue weighted by atomic mass is 10.0. The topological polar surface area (TPSA) is 34.9 Å². The van der Waals surface area contributed by atoms with E-state index in [1.54, 1.807) is 31.2 Å². The van der Waals surface area contributed by atoms with Crippen LogP contribution in [-0.2, 0) is 6.18 Å². The summed E-state index contributed by atoms with van der Waals surface area (Å²) < 4.78 is 40.0. The molecule has 3 aromatic rings. The molecule has 0 spiro atoms. The standard InChI is InChI=1S/C18H12ClF3N2O/c1-11-9-16(12-3-2-4-13(10-12)18(20,21)22)17(25)24(23-11)15-7-5-14(19)6-8-15/h2-10H,1H3. The molecule has 0 bridgehead atoms. The highest BCUT2D eigenvalue weighted by atomic mass is 35.5. The molecular formula is C18H12ClF3N2O. The first-order valence-corrected chi connectivity index (χ1v) is 7.68. The Labute approximate surface area is 146 Å². The van der Waals surface area contributed by atoms with Crippen LogP contribution >= 0.6 is 11.6 Å². The van der Waals surface area contributed by atoms with Crippen LogP contribution in [0.2, 0.25) is 5.02 Å². The molecule has 0 amide bonds. The molecule has 25 heavy (non-hydrogen) atoms. The van der Waals surface area contributed by atoms with Gasteiger partial charge in [0.05, 0.1) is 22.5 Å². The summed E-state index contributed by atoms with van der Waals surface area (Å²) in [6, 6.07) is 12.6. The predicted octanol–water partition coefficient (Wildman–Crippen LogP) is 4.88. The van der Waals surface area contributed by atoms with Crippen LogP contribution in [0.3, 0.4) is 0 Å². The third-order valence-electron chi connectivity index (χ3n) is 3.61. The number of halogens is 4. The van der Waals surface area contributed by atoms with Crippen LogP contribution in [0.25, 0.3) is 16.8 Å². The fraction of sp³-hybridized carbons (Fsp3) is 0.111. The summed E-state index contributed by atoms with van der Waals surface area (Å²) in [7, 11) is 0. The molecule has 0 aliphatic heterocycles. The van der Waals surface area contributed by atoms with Gasteiger partial charge in [0, 0.05) is 5.02 Å². The summed E-state index contributed by atoms with van der Waals surface area (Å²) in [6.07, 6.45) is -4.48. The Morgan fingerprint density at radius 1 is 1.04 bits per heavy atom. The maximum atomic E-state index is 12.9. The summed E-state index contributed by atoms with van der Waals surface area (Å²) in [6.45, 7) is 1.67. The fourth-order valence-corrected chi connectivity index (χ4v) is 2.57. The quantitative estimate of drug-likeness (QED) is 0.649. The number of nitrogens with zero attached hydrogens (tertiary/aromatic N) is 2. The maximum absolute atomic E-state index is 12.9. The van der Waals surface area contributed by atoms with Crippen molar-refractivity contribution in [2.75, 3.05) is 0 Å². The molecule has 0 fully saturated rings. The molecule has 1 heterocycles. The number of hydrogen-bond donors (Lipinski definition) is 0. The molecule has 1 aromatic heterocycles. The summed E-state index contributed by atoms with van der Waals surface area (Å²) in [5, 5.41) is 4.67. The summed E-state index contributed by atoms with van der Waals surface area (Å²) >= 11 is 5.84.